The molecule has 0 bridgehead atoms. The van der Waals surface area contributed by atoms with Gasteiger partial charge >= 0.3 is 5.97 Å². The Balaban J connectivity index is 1.73. The van der Waals surface area contributed by atoms with E-state index < -0.39 is 23.6 Å². The lowest BCUT2D eigenvalue weighted by Gasteiger charge is -2.17. The van der Waals surface area contributed by atoms with E-state index in [1.807, 2.05) is 0 Å². The molecular weight excluding hydrogens is 339 g/mol. The van der Waals surface area contributed by atoms with Gasteiger partial charge in [0.25, 0.3) is 0 Å². The van der Waals surface area contributed by atoms with Gasteiger partial charge in [0, 0.05) is 18.7 Å². The molecule has 26 heavy (non-hydrogen) atoms. The summed E-state index contributed by atoms with van der Waals surface area (Å²) in [4.78, 5) is 37.8. The molecule has 134 valence electrons. The van der Waals surface area contributed by atoms with Crippen molar-refractivity contribution in [2.24, 2.45) is 5.92 Å². The molecule has 0 aliphatic carbocycles. The highest BCUT2D eigenvalue weighted by atomic mass is 19.1. The van der Waals surface area contributed by atoms with Crippen LogP contribution < -0.4 is 10.2 Å². The average molecular weight is 356 g/mol. The van der Waals surface area contributed by atoms with Gasteiger partial charge < -0.3 is 15.0 Å². The first-order valence-electron chi connectivity index (χ1n) is 8.03. The van der Waals surface area contributed by atoms with Crippen molar-refractivity contribution in [1.82, 2.24) is 0 Å². The van der Waals surface area contributed by atoms with Gasteiger partial charge in [0.2, 0.25) is 11.8 Å². The SMILES string of the molecule is COC(=O)c1cccc(N2CC(C(=O)Nc3ccccc3F)CC2=O)c1. The molecule has 0 saturated carbocycles. The summed E-state index contributed by atoms with van der Waals surface area (Å²) in [6.45, 7) is 0.156. The van der Waals surface area contributed by atoms with E-state index in [0.717, 1.165) is 0 Å². The van der Waals surface area contributed by atoms with Crippen molar-refractivity contribution in [3.8, 4) is 0 Å². The van der Waals surface area contributed by atoms with Crippen molar-refractivity contribution in [3.63, 3.8) is 0 Å². The van der Waals surface area contributed by atoms with Gasteiger partial charge in [0.1, 0.15) is 5.82 Å². The van der Waals surface area contributed by atoms with Crippen molar-refractivity contribution < 1.29 is 23.5 Å². The van der Waals surface area contributed by atoms with Crippen LogP contribution in [0.1, 0.15) is 16.8 Å². The number of hydrogen-bond donors (Lipinski definition) is 1. The smallest absolute Gasteiger partial charge is 0.337 e. The van der Waals surface area contributed by atoms with Crippen LogP contribution in [-0.2, 0) is 14.3 Å². The third-order valence-corrected chi connectivity index (χ3v) is 4.21. The zero-order valence-electron chi connectivity index (χ0n) is 14.1. The molecule has 3 rings (SSSR count). The van der Waals surface area contributed by atoms with E-state index in [9.17, 15) is 18.8 Å². The fraction of sp³-hybridized carbons (Fsp3) is 0.211. The number of para-hydroxylation sites is 1. The minimum absolute atomic E-state index is 0.0166. The summed E-state index contributed by atoms with van der Waals surface area (Å²) in [5, 5.41) is 2.52. The number of amides is 2. The molecule has 1 N–H and O–H groups in total. The second-order valence-electron chi connectivity index (χ2n) is 5.92. The Morgan fingerprint density at radius 2 is 1.96 bits per heavy atom. The molecule has 1 unspecified atom stereocenters. The predicted molar refractivity (Wildman–Crippen MR) is 93.3 cm³/mol. The van der Waals surface area contributed by atoms with Crippen LogP contribution in [-0.4, -0.2) is 31.4 Å². The first kappa shape index (κ1) is 17.6. The lowest BCUT2D eigenvalue weighted by atomic mass is 10.1. The lowest BCUT2D eigenvalue weighted by molar-refractivity contribution is -0.122. The monoisotopic (exact) mass is 356 g/mol. The molecule has 1 atom stereocenters. The molecule has 0 radical (unpaired) electrons. The minimum atomic E-state index is -0.608. The molecule has 1 aliphatic heterocycles. The van der Waals surface area contributed by atoms with Gasteiger partial charge in [-0.1, -0.05) is 18.2 Å². The van der Waals surface area contributed by atoms with Crippen LogP contribution in [0.25, 0.3) is 0 Å². The number of hydrogen-bond acceptors (Lipinski definition) is 4. The van der Waals surface area contributed by atoms with Gasteiger partial charge in [-0.2, -0.15) is 0 Å². The van der Waals surface area contributed by atoms with Crippen LogP contribution in [0, 0.1) is 11.7 Å². The third kappa shape index (κ3) is 3.56. The predicted octanol–water partition coefficient (Wildman–Crippen LogP) is 2.60. The second kappa shape index (κ2) is 7.35. The largest absolute Gasteiger partial charge is 0.465 e. The lowest BCUT2D eigenvalue weighted by Crippen LogP contribution is -2.28. The van der Waals surface area contributed by atoms with Crippen LogP contribution in [0.5, 0.6) is 0 Å². The zero-order chi connectivity index (χ0) is 18.7. The maximum atomic E-state index is 13.7. The Bertz CT molecular complexity index is 868. The maximum Gasteiger partial charge on any atom is 0.337 e. The fourth-order valence-corrected chi connectivity index (χ4v) is 2.85. The van der Waals surface area contributed by atoms with Gasteiger partial charge in [-0.15, -0.1) is 0 Å². The summed E-state index contributed by atoms with van der Waals surface area (Å²) in [6.07, 6.45) is 0.0166. The summed E-state index contributed by atoms with van der Waals surface area (Å²) in [6, 6.07) is 12.3. The number of carbonyl (C=O) groups excluding carboxylic acids is 3. The number of halogens is 1. The third-order valence-electron chi connectivity index (χ3n) is 4.21. The van der Waals surface area contributed by atoms with E-state index in [2.05, 4.69) is 10.1 Å². The van der Waals surface area contributed by atoms with Crippen LogP contribution in [0.4, 0.5) is 15.8 Å². The van der Waals surface area contributed by atoms with E-state index in [1.54, 1.807) is 30.3 Å². The normalized spacial score (nSPS) is 16.5. The van der Waals surface area contributed by atoms with Crippen molar-refractivity contribution in [2.75, 3.05) is 23.9 Å². The Labute approximate surface area is 149 Å². The summed E-state index contributed by atoms with van der Waals surface area (Å²) < 4.78 is 18.3. The Morgan fingerprint density at radius 1 is 1.19 bits per heavy atom. The van der Waals surface area contributed by atoms with E-state index in [0.29, 0.717) is 11.3 Å². The molecule has 1 aliphatic rings. The number of ether oxygens (including phenoxy) is 1. The molecule has 0 aromatic heterocycles. The number of methoxy groups -OCH3 is 1. The van der Waals surface area contributed by atoms with Crippen molar-refractivity contribution in [3.05, 3.63) is 59.9 Å². The van der Waals surface area contributed by atoms with Crippen molar-refractivity contribution in [1.29, 1.82) is 0 Å². The molecule has 2 aromatic rings. The zero-order valence-corrected chi connectivity index (χ0v) is 14.1. The molecule has 2 amide bonds. The minimum Gasteiger partial charge on any atom is -0.465 e. The molecular formula is C19H17FN2O4. The van der Waals surface area contributed by atoms with Crippen LogP contribution in [0.2, 0.25) is 0 Å². The average Bonchev–Trinajstić information content (AvgIpc) is 3.05. The number of nitrogens with zero attached hydrogens (tertiary/aromatic N) is 1. The summed E-state index contributed by atoms with van der Waals surface area (Å²) >= 11 is 0. The number of nitrogens with one attached hydrogen (secondary N) is 1. The van der Waals surface area contributed by atoms with E-state index in [1.165, 1.54) is 30.2 Å². The van der Waals surface area contributed by atoms with Gasteiger partial charge in [-0.25, -0.2) is 9.18 Å². The number of benzene rings is 2. The highest BCUT2D eigenvalue weighted by Crippen LogP contribution is 2.27. The molecule has 2 aromatic carbocycles. The van der Waals surface area contributed by atoms with Crippen LogP contribution in [0.15, 0.2) is 48.5 Å². The molecule has 1 fully saturated rings. The first-order chi connectivity index (χ1) is 12.5. The highest BCUT2D eigenvalue weighted by molar-refractivity contribution is 6.04. The summed E-state index contributed by atoms with van der Waals surface area (Å²) in [5.74, 6) is -2.31. The topological polar surface area (TPSA) is 75.7 Å². The number of carbonyl (C=O) groups is 3. The maximum absolute atomic E-state index is 13.7. The van der Waals surface area contributed by atoms with Gasteiger partial charge in [-0.3, -0.25) is 9.59 Å². The van der Waals surface area contributed by atoms with Crippen LogP contribution in [0.3, 0.4) is 0 Å². The standard InChI is InChI=1S/C19H17FN2O4/c1-26-19(25)12-5-4-6-14(9-12)22-11-13(10-17(22)23)18(24)21-16-8-3-2-7-15(16)20/h2-9,13H,10-11H2,1H3,(H,21,24). The van der Waals surface area contributed by atoms with E-state index >= 15 is 0 Å². The fourth-order valence-electron chi connectivity index (χ4n) is 2.85. The van der Waals surface area contributed by atoms with Crippen molar-refractivity contribution in [2.45, 2.75) is 6.42 Å². The van der Waals surface area contributed by atoms with Gasteiger partial charge in [-0.05, 0) is 30.3 Å². The molecule has 1 saturated heterocycles. The summed E-state index contributed by atoms with van der Waals surface area (Å²) in [7, 11) is 1.28. The first-order valence-corrected chi connectivity index (χ1v) is 8.03. The van der Waals surface area contributed by atoms with E-state index in [4.69, 9.17) is 0 Å². The Hall–Kier alpha value is -3.22. The summed E-state index contributed by atoms with van der Waals surface area (Å²) in [5.41, 5.74) is 0.909. The molecule has 1 heterocycles. The number of anilines is 2. The molecule has 7 heteroatoms. The van der Waals surface area contributed by atoms with Gasteiger partial charge in [0.05, 0.1) is 24.3 Å². The van der Waals surface area contributed by atoms with E-state index in [-0.39, 0.29) is 24.6 Å². The Kier molecular flexibility index (Phi) is 4.97. The molecule has 0 spiro atoms. The number of rotatable bonds is 4. The number of esters is 1. The van der Waals surface area contributed by atoms with Crippen LogP contribution >= 0.6 is 0 Å². The quantitative estimate of drug-likeness (QED) is 0.855. The Morgan fingerprint density at radius 3 is 2.69 bits per heavy atom. The molecule has 6 nitrogen and oxygen atoms in total. The van der Waals surface area contributed by atoms with Gasteiger partial charge in [0.15, 0.2) is 0 Å². The van der Waals surface area contributed by atoms with Crippen molar-refractivity contribution >= 4 is 29.2 Å². The second-order valence-corrected chi connectivity index (χ2v) is 5.92. The highest BCUT2D eigenvalue weighted by Gasteiger charge is 2.35.